The third kappa shape index (κ3) is 3.58. The molecule has 134 valence electrons. The lowest BCUT2D eigenvalue weighted by atomic mass is 9.90. The second-order valence-corrected chi connectivity index (χ2v) is 7.31. The third-order valence-electron chi connectivity index (χ3n) is 5.67. The molecule has 1 fully saturated rings. The minimum absolute atomic E-state index is 0.314. The van der Waals surface area contributed by atoms with Gasteiger partial charge in [0.15, 0.2) is 0 Å². The predicted molar refractivity (Wildman–Crippen MR) is 96.7 cm³/mol. The van der Waals surface area contributed by atoms with Crippen LogP contribution in [0.15, 0.2) is 30.6 Å². The van der Waals surface area contributed by atoms with Gasteiger partial charge in [0, 0.05) is 32.4 Å². The Morgan fingerprint density at radius 3 is 2.92 bits per heavy atom. The molecule has 2 aliphatic heterocycles. The molecule has 0 aliphatic carbocycles. The SMILES string of the molecule is Cn1ccnc1C(O)C1CCN(CCc2ccc3c(c2)CCO3)CC1. The summed E-state index contributed by atoms with van der Waals surface area (Å²) >= 11 is 0. The van der Waals surface area contributed by atoms with Crippen LogP contribution in [0.4, 0.5) is 0 Å². The van der Waals surface area contributed by atoms with Crippen LogP contribution in [0.2, 0.25) is 0 Å². The largest absolute Gasteiger partial charge is 0.493 e. The average molecular weight is 341 g/mol. The first-order valence-corrected chi connectivity index (χ1v) is 9.33. The summed E-state index contributed by atoms with van der Waals surface area (Å²) in [5.41, 5.74) is 2.76. The van der Waals surface area contributed by atoms with Crippen molar-refractivity contribution >= 4 is 0 Å². The molecule has 5 heteroatoms. The zero-order valence-electron chi connectivity index (χ0n) is 14.9. The van der Waals surface area contributed by atoms with Crippen molar-refractivity contribution < 1.29 is 9.84 Å². The lowest BCUT2D eigenvalue weighted by molar-refractivity contribution is 0.0514. The molecule has 25 heavy (non-hydrogen) atoms. The van der Waals surface area contributed by atoms with Crippen LogP contribution in [0.5, 0.6) is 5.75 Å². The van der Waals surface area contributed by atoms with E-state index in [0.717, 1.165) is 63.5 Å². The summed E-state index contributed by atoms with van der Waals surface area (Å²) in [4.78, 5) is 6.82. The van der Waals surface area contributed by atoms with Crippen LogP contribution in [0.25, 0.3) is 0 Å². The van der Waals surface area contributed by atoms with E-state index < -0.39 is 6.10 Å². The molecule has 1 unspecified atom stereocenters. The summed E-state index contributed by atoms with van der Waals surface area (Å²) in [5, 5.41) is 10.6. The first-order valence-electron chi connectivity index (χ1n) is 9.33. The minimum Gasteiger partial charge on any atom is -0.493 e. The number of hydrogen-bond acceptors (Lipinski definition) is 4. The number of rotatable bonds is 5. The van der Waals surface area contributed by atoms with E-state index in [-0.39, 0.29) is 0 Å². The summed E-state index contributed by atoms with van der Waals surface area (Å²) in [6.45, 7) is 4.02. The number of piperidine rings is 1. The van der Waals surface area contributed by atoms with Crippen LogP contribution in [0.3, 0.4) is 0 Å². The van der Waals surface area contributed by atoms with Crippen LogP contribution >= 0.6 is 0 Å². The third-order valence-corrected chi connectivity index (χ3v) is 5.67. The molecule has 5 nitrogen and oxygen atoms in total. The van der Waals surface area contributed by atoms with Gasteiger partial charge in [-0.2, -0.15) is 0 Å². The molecule has 0 amide bonds. The van der Waals surface area contributed by atoms with Gasteiger partial charge in [0.05, 0.1) is 6.61 Å². The Bertz CT molecular complexity index is 719. The van der Waals surface area contributed by atoms with E-state index in [9.17, 15) is 5.11 Å². The fraction of sp³-hybridized carbons (Fsp3) is 0.550. The maximum Gasteiger partial charge on any atom is 0.137 e. The molecular weight excluding hydrogens is 314 g/mol. The summed E-state index contributed by atoms with van der Waals surface area (Å²) < 4.78 is 7.51. The number of likely N-dealkylation sites (tertiary alicyclic amines) is 1. The number of aromatic nitrogens is 2. The van der Waals surface area contributed by atoms with Crippen LogP contribution < -0.4 is 4.74 Å². The highest BCUT2D eigenvalue weighted by Crippen LogP contribution is 2.30. The van der Waals surface area contributed by atoms with Gasteiger partial charge in [-0.05, 0) is 55.5 Å². The first-order chi connectivity index (χ1) is 12.2. The highest BCUT2D eigenvalue weighted by atomic mass is 16.5. The zero-order valence-corrected chi connectivity index (χ0v) is 14.9. The Balaban J connectivity index is 1.27. The van der Waals surface area contributed by atoms with Crippen LogP contribution in [-0.2, 0) is 19.9 Å². The lowest BCUT2D eigenvalue weighted by Gasteiger charge is -2.34. The Morgan fingerprint density at radius 2 is 2.16 bits per heavy atom. The van der Waals surface area contributed by atoms with Gasteiger partial charge in [0.1, 0.15) is 17.7 Å². The average Bonchev–Trinajstić information content (AvgIpc) is 3.28. The highest BCUT2D eigenvalue weighted by Gasteiger charge is 2.28. The van der Waals surface area contributed by atoms with Gasteiger partial charge in [-0.15, -0.1) is 0 Å². The van der Waals surface area contributed by atoms with E-state index in [2.05, 4.69) is 28.1 Å². The zero-order chi connectivity index (χ0) is 17.2. The summed E-state index contributed by atoms with van der Waals surface area (Å²) in [5.74, 6) is 2.17. The standard InChI is InChI=1S/C20H27N3O2/c1-22-12-8-21-20(22)19(24)16-5-10-23(11-6-16)9-4-15-2-3-18-17(14-15)7-13-25-18/h2-3,8,12,14,16,19,24H,4-7,9-11,13H2,1H3. The van der Waals surface area contributed by atoms with Crippen molar-refractivity contribution in [2.24, 2.45) is 13.0 Å². The molecule has 1 aromatic carbocycles. The number of benzene rings is 1. The molecule has 1 atom stereocenters. The molecular formula is C20H27N3O2. The number of imidazole rings is 1. The van der Waals surface area contributed by atoms with E-state index in [1.807, 2.05) is 17.8 Å². The van der Waals surface area contributed by atoms with Crippen molar-refractivity contribution in [2.45, 2.75) is 31.8 Å². The molecule has 1 saturated heterocycles. The second-order valence-electron chi connectivity index (χ2n) is 7.31. The van der Waals surface area contributed by atoms with Crippen molar-refractivity contribution in [3.05, 3.63) is 47.5 Å². The van der Waals surface area contributed by atoms with Crippen molar-refractivity contribution in [3.8, 4) is 5.75 Å². The van der Waals surface area contributed by atoms with Crippen LogP contribution in [0.1, 0.15) is 35.9 Å². The Labute approximate surface area is 149 Å². The Hall–Kier alpha value is -1.85. The molecule has 2 aliphatic rings. The highest BCUT2D eigenvalue weighted by molar-refractivity contribution is 5.39. The summed E-state index contributed by atoms with van der Waals surface area (Å²) in [7, 11) is 1.95. The number of nitrogens with zero attached hydrogens (tertiary/aromatic N) is 3. The lowest BCUT2D eigenvalue weighted by Crippen LogP contribution is -2.37. The van der Waals surface area contributed by atoms with E-state index >= 15 is 0 Å². The molecule has 0 radical (unpaired) electrons. The van der Waals surface area contributed by atoms with Gasteiger partial charge in [-0.1, -0.05) is 12.1 Å². The fourth-order valence-corrected chi connectivity index (χ4v) is 4.05. The molecule has 0 saturated carbocycles. The van der Waals surface area contributed by atoms with Crippen LogP contribution in [-0.4, -0.2) is 45.8 Å². The van der Waals surface area contributed by atoms with Gasteiger partial charge in [-0.3, -0.25) is 0 Å². The number of aryl methyl sites for hydroxylation is 1. The number of hydrogen-bond donors (Lipinski definition) is 1. The number of ether oxygens (including phenoxy) is 1. The van der Waals surface area contributed by atoms with Crippen molar-refractivity contribution in [1.29, 1.82) is 0 Å². The molecule has 1 N–H and O–H groups in total. The Morgan fingerprint density at radius 1 is 1.32 bits per heavy atom. The molecule has 0 spiro atoms. The molecule has 0 bridgehead atoms. The summed E-state index contributed by atoms with van der Waals surface area (Å²) in [6.07, 6.45) is 7.40. The monoisotopic (exact) mass is 341 g/mol. The maximum absolute atomic E-state index is 10.6. The van der Waals surface area contributed by atoms with Gasteiger partial charge in [-0.25, -0.2) is 4.98 Å². The first kappa shape index (κ1) is 16.6. The molecule has 4 rings (SSSR count). The number of aliphatic hydroxyl groups is 1. The van der Waals surface area contributed by atoms with E-state index in [1.165, 1.54) is 11.1 Å². The number of fused-ring (bicyclic) bond motifs is 1. The Kier molecular flexibility index (Phi) is 4.77. The maximum atomic E-state index is 10.6. The summed E-state index contributed by atoms with van der Waals surface area (Å²) in [6, 6.07) is 6.62. The molecule has 3 heterocycles. The minimum atomic E-state index is -0.445. The molecule has 1 aromatic heterocycles. The van der Waals surface area contributed by atoms with Gasteiger partial charge < -0.3 is 19.3 Å². The van der Waals surface area contributed by atoms with Gasteiger partial charge in [0.2, 0.25) is 0 Å². The topological polar surface area (TPSA) is 50.5 Å². The van der Waals surface area contributed by atoms with Crippen molar-refractivity contribution in [3.63, 3.8) is 0 Å². The fourth-order valence-electron chi connectivity index (χ4n) is 4.05. The smallest absolute Gasteiger partial charge is 0.137 e. The van der Waals surface area contributed by atoms with Crippen LogP contribution in [0, 0.1) is 5.92 Å². The normalized spacial score (nSPS) is 19.6. The van der Waals surface area contributed by atoms with E-state index in [1.54, 1.807) is 6.20 Å². The van der Waals surface area contributed by atoms with Gasteiger partial charge >= 0.3 is 0 Å². The second kappa shape index (κ2) is 7.18. The van der Waals surface area contributed by atoms with Crippen molar-refractivity contribution in [1.82, 2.24) is 14.5 Å². The quantitative estimate of drug-likeness (QED) is 0.907. The van der Waals surface area contributed by atoms with E-state index in [4.69, 9.17) is 4.74 Å². The van der Waals surface area contributed by atoms with E-state index in [0.29, 0.717) is 5.92 Å². The van der Waals surface area contributed by atoms with Crippen molar-refractivity contribution in [2.75, 3.05) is 26.2 Å². The number of aliphatic hydroxyl groups excluding tert-OH is 1. The predicted octanol–water partition coefficient (Wildman–Crippen LogP) is 2.34. The molecule has 2 aromatic rings. The van der Waals surface area contributed by atoms with Gasteiger partial charge in [0.25, 0.3) is 0 Å².